The molecule has 0 bridgehead atoms. The fourth-order valence-electron chi connectivity index (χ4n) is 4.44. The van der Waals surface area contributed by atoms with Gasteiger partial charge in [-0.2, -0.15) is 8.62 Å². The molecular formula is C23H27N6O15P3. The molecule has 24 heteroatoms. The summed E-state index contributed by atoms with van der Waals surface area (Å²) in [6.07, 6.45) is 0.0242. The summed E-state index contributed by atoms with van der Waals surface area (Å²) in [4.78, 5) is 67.4. The summed E-state index contributed by atoms with van der Waals surface area (Å²) in [5, 5.41) is 14.1. The van der Waals surface area contributed by atoms with Crippen molar-refractivity contribution in [1.29, 1.82) is 0 Å². The third-order valence-electron chi connectivity index (χ3n) is 6.27. The van der Waals surface area contributed by atoms with Crippen molar-refractivity contribution < 1.29 is 65.6 Å². The van der Waals surface area contributed by atoms with Crippen LogP contribution in [0, 0.1) is 22.0 Å². The number of carbonyl (C=O) groups is 1. The molecule has 3 aromatic rings. The number of rotatable bonds is 12. The highest BCUT2D eigenvalue weighted by Gasteiger charge is 2.41. The lowest BCUT2D eigenvalue weighted by atomic mass is 10.1. The van der Waals surface area contributed by atoms with Gasteiger partial charge in [-0.1, -0.05) is 24.0 Å². The average Bonchev–Trinajstić information content (AvgIpc) is 3.58. The minimum Gasteiger partial charge on any atom is -0.441 e. The molecule has 3 heterocycles. The summed E-state index contributed by atoms with van der Waals surface area (Å²) in [6, 6.07) is 5.85. The van der Waals surface area contributed by atoms with E-state index in [9.17, 15) is 38.4 Å². The minimum absolute atomic E-state index is 0.0888. The monoisotopic (exact) mass is 720 g/mol. The molecule has 1 aliphatic rings. The van der Waals surface area contributed by atoms with Gasteiger partial charge in [-0.05, 0) is 25.8 Å². The van der Waals surface area contributed by atoms with Crippen LogP contribution in [0.15, 0.2) is 36.8 Å². The van der Waals surface area contributed by atoms with Crippen molar-refractivity contribution in [2.45, 2.75) is 38.2 Å². The van der Waals surface area contributed by atoms with Crippen molar-refractivity contribution in [3.05, 3.63) is 58.0 Å². The first-order valence-electron chi connectivity index (χ1n) is 13.2. The Hall–Kier alpha value is -3.76. The van der Waals surface area contributed by atoms with Crippen molar-refractivity contribution in [2.75, 3.05) is 18.9 Å². The van der Waals surface area contributed by atoms with E-state index in [0.717, 1.165) is 0 Å². The molecule has 4 rings (SSSR count). The molecule has 2 aromatic heterocycles. The number of phosphoric ester groups is 1. The molecule has 0 radical (unpaired) electrons. The molecule has 1 saturated heterocycles. The number of para-hydroxylation sites is 1. The molecule has 1 aliphatic heterocycles. The maximum absolute atomic E-state index is 12.3. The molecule has 5 atom stereocenters. The van der Waals surface area contributed by atoms with E-state index in [2.05, 4.69) is 40.3 Å². The second kappa shape index (κ2) is 14.6. The first kappa shape index (κ1) is 36.1. The smallest absolute Gasteiger partial charge is 0.441 e. The fourth-order valence-corrected chi connectivity index (χ4v) is 7.49. The molecule has 0 spiro atoms. The third kappa shape index (κ3) is 9.87. The topological polar surface area (TPSA) is 307 Å². The van der Waals surface area contributed by atoms with Crippen molar-refractivity contribution >= 4 is 52.1 Å². The highest BCUT2D eigenvalue weighted by molar-refractivity contribution is 7.66. The number of nitro benzene ring substituents is 1. The van der Waals surface area contributed by atoms with Gasteiger partial charge in [0.2, 0.25) is 0 Å². The number of benzene rings is 1. The summed E-state index contributed by atoms with van der Waals surface area (Å²) in [5.74, 6) is 5.69. The normalized spacial score (nSPS) is 19.6. The minimum atomic E-state index is -5.67. The summed E-state index contributed by atoms with van der Waals surface area (Å²) < 4.78 is 59.1. The standard InChI is InChI=1S/C23H27N6O15P3/c1-14(17-6-2-3-7-18(17)29(31)32)41-23(30)25-10-4-5-15-11-28(22-20(15)21(24)26-13-27-22)19-9-8-16(42-19)12-40-46(36,37)44-47(38,39)43-45(33,34)35/h2-3,6-7,11,13-14,16,19H,8-10,12H2,1H3,(H,25,30)(H,36,37)(H,38,39)(H2,24,26,27)(H2,33,34,35)/t14?,16-,19+/m0/s1. The van der Waals surface area contributed by atoms with Crippen LogP contribution in [0.25, 0.3) is 11.0 Å². The third-order valence-corrected chi connectivity index (χ3v) is 10.1. The van der Waals surface area contributed by atoms with E-state index in [1.165, 1.54) is 31.5 Å². The summed E-state index contributed by atoms with van der Waals surface area (Å²) in [5.41, 5.74) is 6.78. The summed E-state index contributed by atoms with van der Waals surface area (Å²) in [6.45, 7) is 0.689. The zero-order valence-corrected chi connectivity index (χ0v) is 26.7. The maximum Gasteiger partial charge on any atom is 0.490 e. The number of nitrogens with two attached hydrogens (primary N) is 1. The van der Waals surface area contributed by atoms with Gasteiger partial charge in [0.25, 0.3) is 5.69 Å². The van der Waals surface area contributed by atoms with E-state index >= 15 is 0 Å². The second-order valence-corrected chi connectivity index (χ2v) is 14.0. The summed E-state index contributed by atoms with van der Waals surface area (Å²) >= 11 is 0. The fraction of sp³-hybridized carbons (Fsp3) is 0.348. The SMILES string of the molecule is CC(OC(=O)NCC#Cc1cn([C@H]2CC[C@@H](COP(=O)(O)OP(=O)(O)OP(=O)(O)O)O2)c2ncnc(N)c12)c1ccccc1[N+](=O)[O-]. The molecule has 47 heavy (non-hydrogen) atoms. The van der Waals surface area contributed by atoms with Crippen LogP contribution >= 0.6 is 23.5 Å². The lowest BCUT2D eigenvalue weighted by Crippen LogP contribution is -2.25. The van der Waals surface area contributed by atoms with E-state index in [1.54, 1.807) is 16.8 Å². The predicted octanol–water partition coefficient (Wildman–Crippen LogP) is 2.78. The Balaban J connectivity index is 1.38. The Morgan fingerprint density at radius 3 is 2.62 bits per heavy atom. The highest BCUT2D eigenvalue weighted by Crippen LogP contribution is 2.66. The van der Waals surface area contributed by atoms with E-state index in [0.29, 0.717) is 23.0 Å². The number of nitrogens with one attached hydrogen (secondary N) is 1. The number of aromatic nitrogens is 3. The molecule has 7 N–H and O–H groups in total. The van der Waals surface area contributed by atoms with E-state index < -0.39 is 59.5 Å². The first-order valence-corrected chi connectivity index (χ1v) is 17.7. The van der Waals surface area contributed by atoms with Gasteiger partial charge in [-0.15, -0.1) is 0 Å². The van der Waals surface area contributed by atoms with Crippen LogP contribution < -0.4 is 11.1 Å². The van der Waals surface area contributed by atoms with E-state index in [4.69, 9.17) is 25.0 Å². The van der Waals surface area contributed by atoms with Gasteiger partial charge in [0.15, 0.2) is 0 Å². The Bertz CT molecular complexity index is 1870. The number of alkyl carbamates (subject to hydrolysis) is 1. The van der Waals surface area contributed by atoms with Gasteiger partial charge in [-0.25, -0.2) is 28.5 Å². The van der Waals surface area contributed by atoms with Gasteiger partial charge in [-0.3, -0.25) is 14.6 Å². The van der Waals surface area contributed by atoms with Crippen LogP contribution in [0.4, 0.5) is 16.3 Å². The van der Waals surface area contributed by atoms with Gasteiger partial charge in [0.1, 0.15) is 30.1 Å². The number of anilines is 1. The molecule has 1 amide bonds. The lowest BCUT2D eigenvalue weighted by Gasteiger charge is -2.19. The molecule has 254 valence electrons. The number of hydrogen-bond donors (Lipinski definition) is 6. The highest BCUT2D eigenvalue weighted by atomic mass is 31.3. The van der Waals surface area contributed by atoms with Crippen molar-refractivity contribution in [3.63, 3.8) is 0 Å². The van der Waals surface area contributed by atoms with Gasteiger partial charge < -0.3 is 44.7 Å². The quantitative estimate of drug-likeness (QED) is 0.0678. The van der Waals surface area contributed by atoms with Crippen LogP contribution in [0.2, 0.25) is 0 Å². The number of nitrogen functional groups attached to an aromatic ring is 1. The Morgan fingerprint density at radius 1 is 1.19 bits per heavy atom. The first-order chi connectivity index (χ1) is 21.9. The number of nitro groups is 1. The van der Waals surface area contributed by atoms with E-state index in [-0.39, 0.29) is 30.0 Å². The van der Waals surface area contributed by atoms with E-state index in [1.807, 2.05) is 0 Å². The Morgan fingerprint density at radius 2 is 1.91 bits per heavy atom. The summed E-state index contributed by atoms with van der Waals surface area (Å²) in [7, 11) is -16.5. The van der Waals surface area contributed by atoms with Gasteiger partial charge >= 0.3 is 29.6 Å². The van der Waals surface area contributed by atoms with Crippen molar-refractivity contribution in [3.8, 4) is 11.8 Å². The van der Waals surface area contributed by atoms with Crippen LogP contribution in [-0.4, -0.2) is 64.4 Å². The average molecular weight is 720 g/mol. The zero-order valence-electron chi connectivity index (χ0n) is 24.0. The van der Waals surface area contributed by atoms with Crippen molar-refractivity contribution in [1.82, 2.24) is 19.9 Å². The lowest BCUT2D eigenvalue weighted by molar-refractivity contribution is -0.386. The number of nitrogens with zero attached hydrogens (tertiary/aromatic N) is 4. The van der Waals surface area contributed by atoms with Crippen LogP contribution in [0.3, 0.4) is 0 Å². The van der Waals surface area contributed by atoms with Crippen molar-refractivity contribution in [2.24, 2.45) is 0 Å². The number of ether oxygens (including phenoxy) is 2. The molecule has 0 aliphatic carbocycles. The Kier molecular flexibility index (Phi) is 11.2. The number of hydrogen-bond acceptors (Lipinski definition) is 14. The molecule has 3 unspecified atom stereocenters. The molecule has 1 fully saturated rings. The Labute approximate surface area is 264 Å². The molecule has 0 saturated carbocycles. The molecule has 1 aromatic carbocycles. The van der Waals surface area contributed by atoms with Crippen LogP contribution in [0.5, 0.6) is 0 Å². The molecular weight excluding hydrogens is 693 g/mol. The van der Waals surface area contributed by atoms with Gasteiger partial charge in [0, 0.05) is 12.3 Å². The number of amides is 1. The van der Waals surface area contributed by atoms with Crippen LogP contribution in [0.1, 0.15) is 43.2 Å². The number of phosphoric acid groups is 3. The predicted molar refractivity (Wildman–Crippen MR) is 158 cm³/mol. The van der Waals surface area contributed by atoms with Crippen LogP contribution in [-0.2, 0) is 36.3 Å². The maximum atomic E-state index is 12.3. The largest absolute Gasteiger partial charge is 0.490 e. The van der Waals surface area contributed by atoms with Gasteiger partial charge in [0.05, 0.1) is 40.7 Å². The number of fused-ring (bicyclic) bond motifs is 1. The zero-order chi connectivity index (χ0) is 34.6. The molecule has 21 nitrogen and oxygen atoms in total. The number of carbonyl (C=O) groups excluding carboxylic acids is 1. The second-order valence-electron chi connectivity index (χ2n) is 9.60.